The number of hydrogen-bond donors (Lipinski definition) is 1. The molecule has 1 aromatic heterocycles. The fraction of sp³-hybridized carbons (Fsp3) is 0.0833. The Morgan fingerprint density at radius 2 is 2.07 bits per heavy atom. The molecule has 0 saturated carbocycles. The van der Waals surface area contributed by atoms with Gasteiger partial charge in [-0.25, -0.2) is 0 Å². The smallest absolute Gasteiger partial charge is 0.290 e. The molecule has 0 bridgehead atoms. The molecule has 0 aliphatic carbocycles. The first-order chi connectivity index (χ1) is 7.27. The number of benzene rings is 1. The van der Waals surface area contributed by atoms with Crippen molar-refractivity contribution < 1.29 is 9.52 Å². The zero-order valence-electron chi connectivity index (χ0n) is 8.34. The van der Waals surface area contributed by atoms with E-state index in [4.69, 9.17) is 4.42 Å². The number of furan rings is 1. The Balaban J connectivity index is 2.26. The first-order valence-corrected chi connectivity index (χ1v) is 4.63. The van der Waals surface area contributed by atoms with Crippen LogP contribution in [-0.2, 0) is 0 Å². The van der Waals surface area contributed by atoms with Crippen molar-refractivity contribution in [3.63, 3.8) is 0 Å². The normalized spacial score (nSPS) is 11.0. The molecule has 0 amide bonds. The van der Waals surface area contributed by atoms with Gasteiger partial charge in [0, 0.05) is 6.21 Å². The van der Waals surface area contributed by atoms with Gasteiger partial charge in [0.2, 0.25) is 0 Å². The van der Waals surface area contributed by atoms with E-state index in [1.54, 1.807) is 12.3 Å². The molecule has 0 aliphatic heterocycles. The van der Waals surface area contributed by atoms with Crippen LogP contribution in [0.4, 0.5) is 5.69 Å². The van der Waals surface area contributed by atoms with Crippen LogP contribution in [0.1, 0.15) is 11.1 Å². The number of para-hydroxylation sites is 1. The second-order valence-electron chi connectivity index (χ2n) is 3.23. The van der Waals surface area contributed by atoms with Gasteiger partial charge in [-0.1, -0.05) is 18.2 Å². The molecule has 0 fully saturated rings. The minimum atomic E-state index is -0.104. The highest BCUT2D eigenvalue weighted by molar-refractivity contribution is 5.84. The van der Waals surface area contributed by atoms with Crippen molar-refractivity contribution in [3.05, 3.63) is 47.7 Å². The van der Waals surface area contributed by atoms with Crippen LogP contribution in [0.25, 0.3) is 0 Å². The summed E-state index contributed by atoms with van der Waals surface area (Å²) in [5.74, 6) is -0.104. The van der Waals surface area contributed by atoms with Gasteiger partial charge in [-0.3, -0.25) is 4.99 Å². The minimum absolute atomic E-state index is 0.104. The highest BCUT2D eigenvalue weighted by Gasteiger charge is 2.00. The molecule has 15 heavy (non-hydrogen) atoms. The fourth-order valence-electron chi connectivity index (χ4n) is 1.26. The summed E-state index contributed by atoms with van der Waals surface area (Å²) in [6, 6.07) is 9.46. The van der Waals surface area contributed by atoms with Crippen LogP contribution in [0.3, 0.4) is 0 Å². The van der Waals surface area contributed by atoms with Gasteiger partial charge in [-0.05, 0) is 24.6 Å². The average molecular weight is 201 g/mol. The summed E-state index contributed by atoms with van der Waals surface area (Å²) in [5.41, 5.74) is 2.56. The Morgan fingerprint density at radius 3 is 2.73 bits per heavy atom. The van der Waals surface area contributed by atoms with Crippen molar-refractivity contribution >= 4 is 11.9 Å². The van der Waals surface area contributed by atoms with E-state index in [2.05, 4.69) is 4.99 Å². The molecule has 1 heterocycles. The summed E-state index contributed by atoms with van der Waals surface area (Å²) in [6.07, 6.45) is 3.01. The molecule has 0 radical (unpaired) electrons. The fourth-order valence-corrected chi connectivity index (χ4v) is 1.26. The third-order valence-corrected chi connectivity index (χ3v) is 2.13. The number of aromatic hydroxyl groups is 1. The first kappa shape index (κ1) is 9.52. The Morgan fingerprint density at radius 1 is 1.27 bits per heavy atom. The van der Waals surface area contributed by atoms with Crippen LogP contribution >= 0.6 is 0 Å². The van der Waals surface area contributed by atoms with Crippen molar-refractivity contribution in [2.45, 2.75) is 6.92 Å². The minimum Gasteiger partial charge on any atom is -0.480 e. The predicted molar refractivity (Wildman–Crippen MR) is 58.8 cm³/mol. The SMILES string of the molecule is Cc1ccccc1N=Cc1ccoc1O. The second-order valence-corrected chi connectivity index (χ2v) is 3.23. The van der Waals surface area contributed by atoms with Crippen LogP contribution in [0.5, 0.6) is 5.95 Å². The van der Waals surface area contributed by atoms with E-state index in [9.17, 15) is 5.11 Å². The number of hydrogen-bond acceptors (Lipinski definition) is 3. The molecule has 0 spiro atoms. The molecular weight excluding hydrogens is 190 g/mol. The average Bonchev–Trinajstić information content (AvgIpc) is 2.63. The van der Waals surface area contributed by atoms with Crippen LogP contribution in [0.15, 0.2) is 46.0 Å². The maximum absolute atomic E-state index is 9.24. The standard InChI is InChI=1S/C12H11NO2/c1-9-4-2-3-5-11(9)13-8-10-6-7-15-12(10)14/h2-8,14H,1H3. The monoisotopic (exact) mass is 201 g/mol. The summed E-state index contributed by atoms with van der Waals surface area (Å²) in [5, 5.41) is 9.24. The molecule has 0 saturated heterocycles. The van der Waals surface area contributed by atoms with E-state index in [0.29, 0.717) is 5.56 Å². The van der Waals surface area contributed by atoms with E-state index in [1.807, 2.05) is 31.2 Å². The Labute approximate surface area is 87.7 Å². The molecule has 1 N–H and O–H groups in total. The zero-order valence-corrected chi connectivity index (χ0v) is 8.34. The molecule has 1 aromatic carbocycles. The quantitative estimate of drug-likeness (QED) is 0.759. The van der Waals surface area contributed by atoms with Crippen LogP contribution in [0, 0.1) is 6.92 Å². The van der Waals surface area contributed by atoms with Gasteiger partial charge in [-0.2, -0.15) is 0 Å². The molecule has 0 atom stereocenters. The number of aliphatic imine (C=N–C) groups is 1. The summed E-state index contributed by atoms with van der Waals surface area (Å²) in [6.45, 7) is 1.99. The molecule has 3 nitrogen and oxygen atoms in total. The van der Waals surface area contributed by atoms with Gasteiger partial charge in [0.1, 0.15) is 0 Å². The third kappa shape index (κ3) is 2.07. The van der Waals surface area contributed by atoms with Gasteiger partial charge in [-0.15, -0.1) is 0 Å². The lowest BCUT2D eigenvalue weighted by molar-refractivity contribution is 0.332. The lowest BCUT2D eigenvalue weighted by Gasteiger charge is -1.96. The summed E-state index contributed by atoms with van der Waals surface area (Å²) in [7, 11) is 0. The van der Waals surface area contributed by atoms with E-state index in [0.717, 1.165) is 11.3 Å². The van der Waals surface area contributed by atoms with E-state index in [-0.39, 0.29) is 5.95 Å². The van der Waals surface area contributed by atoms with Gasteiger partial charge in [0.15, 0.2) is 0 Å². The van der Waals surface area contributed by atoms with E-state index < -0.39 is 0 Å². The Hall–Kier alpha value is -2.03. The number of aryl methyl sites for hydroxylation is 1. The maximum Gasteiger partial charge on any atom is 0.290 e. The largest absolute Gasteiger partial charge is 0.480 e. The van der Waals surface area contributed by atoms with Gasteiger partial charge in [0.05, 0.1) is 17.5 Å². The van der Waals surface area contributed by atoms with Crippen molar-refractivity contribution in [2.75, 3.05) is 0 Å². The van der Waals surface area contributed by atoms with Crippen LogP contribution in [0.2, 0.25) is 0 Å². The van der Waals surface area contributed by atoms with Gasteiger partial charge in [0.25, 0.3) is 5.95 Å². The van der Waals surface area contributed by atoms with Crippen molar-refractivity contribution in [1.82, 2.24) is 0 Å². The number of rotatable bonds is 2. The molecule has 0 aliphatic rings. The van der Waals surface area contributed by atoms with Crippen LogP contribution in [-0.4, -0.2) is 11.3 Å². The summed E-state index contributed by atoms with van der Waals surface area (Å²) >= 11 is 0. The number of nitrogens with zero attached hydrogens (tertiary/aromatic N) is 1. The van der Waals surface area contributed by atoms with Gasteiger partial charge >= 0.3 is 0 Å². The van der Waals surface area contributed by atoms with E-state index in [1.165, 1.54) is 6.26 Å². The van der Waals surface area contributed by atoms with Crippen LogP contribution < -0.4 is 0 Å². The second kappa shape index (κ2) is 4.00. The summed E-state index contributed by atoms with van der Waals surface area (Å²) < 4.78 is 4.75. The van der Waals surface area contributed by atoms with Crippen molar-refractivity contribution in [1.29, 1.82) is 0 Å². The van der Waals surface area contributed by atoms with Crippen molar-refractivity contribution in [3.8, 4) is 5.95 Å². The van der Waals surface area contributed by atoms with Gasteiger partial charge < -0.3 is 9.52 Å². The lowest BCUT2D eigenvalue weighted by atomic mass is 10.2. The molecule has 3 heteroatoms. The molecule has 76 valence electrons. The zero-order chi connectivity index (χ0) is 10.7. The predicted octanol–water partition coefficient (Wildman–Crippen LogP) is 3.04. The Kier molecular flexibility index (Phi) is 2.54. The van der Waals surface area contributed by atoms with Crippen molar-refractivity contribution in [2.24, 2.45) is 4.99 Å². The summed E-state index contributed by atoms with van der Waals surface area (Å²) in [4.78, 5) is 4.26. The first-order valence-electron chi connectivity index (χ1n) is 4.63. The molecule has 2 aromatic rings. The van der Waals surface area contributed by atoms with E-state index >= 15 is 0 Å². The topological polar surface area (TPSA) is 45.7 Å². The highest BCUT2D eigenvalue weighted by atomic mass is 16.5. The molecule has 2 rings (SSSR count). The maximum atomic E-state index is 9.24. The molecular formula is C12H11NO2. The lowest BCUT2D eigenvalue weighted by Crippen LogP contribution is -1.77. The third-order valence-electron chi connectivity index (χ3n) is 2.13. The highest BCUT2D eigenvalue weighted by Crippen LogP contribution is 2.19. The Bertz CT molecular complexity index is 486. The molecule has 0 unspecified atom stereocenters.